The van der Waals surface area contributed by atoms with Gasteiger partial charge < -0.3 is 11.1 Å². The summed E-state index contributed by atoms with van der Waals surface area (Å²) in [5.41, 5.74) is 6.51. The zero-order valence-corrected chi connectivity index (χ0v) is 9.54. The minimum Gasteiger partial charge on any atom is -0.398 e. The molecule has 78 valence electrons. The molecule has 0 heterocycles. The number of halogens is 1. The van der Waals surface area contributed by atoms with Gasteiger partial charge in [-0.05, 0) is 18.2 Å². The molecule has 0 saturated heterocycles. The van der Waals surface area contributed by atoms with Gasteiger partial charge in [0, 0.05) is 16.7 Å². The quantitative estimate of drug-likeness (QED) is 0.646. The number of nitrogens with one attached hydrogen (secondary N) is 1. The molecule has 1 rings (SSSR count). The number of carbonyl (C=O) groups excluding carboxylic acids is 1. The van der Waals surface area contributed by atoms with E-state index in [1.165, 1.54) is 0 Å². The van der Waals surface area contributed by atoms with Gasteiger partial charge in [0.1, 0.15) is 0 Å². The second kappa shape index (κ2) is 5.37. The molecule has 0 atom stereocenters. The number of nitrogens with zero attached hydrogens (tertiary/aromatic N) is 1. The molecule has 0 aliphatic carbocycles. The molecule has 5 heteroatoms. The van der Waals surface area contributed by atoms with Crippen molar-refractivity contribution < 1.29 is 4.79 Å². The van der Waals surface area contributed by atoms with E-state index in [0.29, 0.717) is 24.2 Å². The highest BCUT2D eigenvalue weighted by atomic mass is 79.9. The second-order valence-electron chi connectivity index (χ2n) is 2.90. The first-order valence-corrected chi connectivity index (χ1v) is 5.14. The zero-order chi connectivity index (χ0) is 11.3. The fourth-order valence-corrected chi connectivity index (χ4v) is 1.45. The van der Waals surface area contributed by atoms with Crippen molar-refractivity contribution in [3.05, 3.63) is 28.2 Å². The van der Waals surface area contributed by atoms with Crippen LogP contribution in [0.25, 0.3) is 0 Å². The third-order valence-corrected chi connectivity index (χ3v) is 2.27. The third kappa shape index (κ3) is 3.26. The maximum atomic E-state index is 11.5. The summed E-state index contributed by atoms with van der Waals surface area (Å²) in [5.74, 6) is -0.254. The van der Waals surface area contributed by atoms with Crippen LogP contribution in [0.2, 0.25) is 0 Å². The van der Waals surface area contributed by atoms with E-state index in [1.807, 2.05) is 6.07 Å². The lowest BCUT2D eigenvalue weighted by Gasteiger charge is -2.06. The molecule has 0 aromatic heterocycles. The van der Waals surface area contributed by atoms with Gasteiger partial charge in [-0.3, -0.25) is 4.79 Å². The van der Waals surface area contributed by atoms with Crippen LogP contribution < -0.4 is 11.1 Å². The summed E-state index contributed by atoms with van der Waals surface area (Å²) in [4.78, 5) is 11.5. The predicted octanol–water partition coefficient (Wildman–Crippen LogP) is 1.67. The highest BCUT2D eigenvalue weighted by molar-refractivity contribution is 9.10. The van der Waals surface area contributed by atoms with E-state index in [4.69, 9.17) is 11.0 Å². The molecule has 0 saturated carbocycles. The Hall–Kier alpha value is -1.54. The summed E-state index contributed by atoms with van der Waals surface area (Å²) in [6, 6.07) is 7.00. The van der Waals surface area contributed by atoms with Crippen LogP contribution in [-0.2, 0) is 0 Å². The smallest absolute Gasteiger partial charge is 0.253 e. The maximum Gasteiger partial charge on any atom is 0.253 e. The van der Waals surface area contributed by atoms with Gasteiger partial charge >= 0.3 is 0 Å². The lowest BCUT2D eigenvalue weighted by Crippen LogP contribution is -2.25. The summed E-state index contributed by atoms with van der Waals surface area (Å²) in [6.45, 7) is 0.338. The molecule has 0 aliphatic heterocycles. The van der Waals surface area contributed by atoms with Crippen molar-refractivity contribution in [2.45, 2.75) is 6.42 Å². The molecule has 0 aliphatic rings. The van der Waals surface area contributed by atoms with Crippen LogP contribution in [0, 0.1) is 11.3 Å². The average Bonchev–Trinajstić information content (AvgIpc) is 2.17. The molecular weight excluding hydrogens is 258 g/mol. The maximum absolute atomic E-state index is 11.5. The van der Waals surface area contributed by atoms with Gasteiger partial charge in [0.15, 0.2) is 0 Å². The molecule has 0 unspecified atom stereocenters. The van der Waals surface area contributed by atoms with E-state index in [2.05, 4.69) is 21.2 Å². The Morgan fingerprint density at radius 3 is 2.93 bits per heavy atom. The first-order chi connectivity index (χ1) is 7.15. The monoisotopic (exact) mass is 267 g/mol. The molecule has 0 bridgehead atoms. The van der Waals surface area contributed by atoms with E-state index in [-0.39, 0.29) is 5.91 Å². The summed E-state index contributed by atoms with van der Waals surface area (Å²) in [6.07, 6.45) is 0.294. The second-order valence-corrected chi connectivity index (χ2v) is 3.81. The Bertz CT molecular complexity index is 412. The van der Waals surface area contributed by atoms with E-state index in [9.17, 15) is 4.79 Å². The van der Waals surface area contributed by atoms with Gasteiger partial charge in [0.2, 0.25) is 0 Å². The minimum absolute atomic E-state index is 0.254. The van der Waals surface area contributed by atoms with Gasteiger partial charge in [-0.25, -0.2) is 0 Å². The van der Waals surface area contributed by atoms with Crippen molar-refractivity contribution >= 4 is 27.5 Å². The van der Waals surface area contributed by atoms with Crippen LogP contribution >= 0.6 is 15.9 Å². The lowest BCUT2D eigenvalue weighted by atomic mass is 10.1. The molecule has 1 aromatic rings. The van der Waals surface area contributed by atoms with E-state index < -0.39 is 0 Å². The van der Waals surface area contributed by atoms with Gasteiger partial charge in [-0.2, -0.15) is 5.26 Å². The number of amides is 1. The Kier molecular flexibility index (Phi) is 4.13. The topological polar surface area (TPSA) is 78.9 Å². The van der Waals surface area contributed by atoms with Gasteiger partial charge in [0.25, 0.3) is 5.91 Å². The molecule has 15 heavy (non-hydrogen) atoms. The highest BCUT2D eigenvalue weighted by Gasteiger charge is 2.08. The normalized spacial score (nSPS) is 9.33. The number of hydrogen-bond acceptors (Lipinski definition) is 3. The zero-order valence-electron chi connectivity index (χ0n) is 7.96. The van der Waals surface area contributed by atoms with E-state index >= 15 is 0 Å². The van der Waals surface area contributed by atoms with Crippen LogP contribution in [0.3, 0.4) is 0 Å². The van der Waals surface area contributed by atoms with Crippen LogP contribution in [0.4, 0.5) is 5.69 Å². The summed E-state index contributed by atoms with van der Waals surface area (Å²) in [7, 11) is 0. The number of nitrogens with two attached hydrogens (primary N) is 1. The number of benzene rings is 1. The summed E-state index contributed by atoms with van der Waals surface area (Å²) >= 11 is 3.25. The summed E-state index contributed by atoms with van der Waals surface area (Å²) < 4.78 is 0.827. The number of nitriles is 1. The van der Waals surface area contributed by atoms with Crippen molar-refractivity contribution in [2.24, 2.45) is 0 Å². The standard InChI is InChI=1S/C10H10BrN3O/c11-7-2-3-8(9(13)6-7)10(15)14-5-1-4-12/h2-3,6H,1,5,13H2,(H,14,15). The minimum atomic E-state index is -0.254. The molecule has 0 spiro atoms. The third-order valence-electron chi connectivity index (χ3n) is 1.78. The molecule has 3 N–H and O–H groups in total. The number of hydrogen-bond donors (Lipinski definition) is 2. The number of nitrogen functional groups attached to an aromatic ring is 1. The largest absolute Gasteiger partial charge is 0.398 e. The van der Waals surface area contributed by atoms with E-state index in [0.717, 1.165) is 4.47 Å². The van der Waals surface area contributed by atoms with Crippen LogP contribution in [0.1, 0.15) is 16.8 Å². The number of anilines is 1. The Balaban J connectivity index is 2.70. The molecule has 0 fully saturated rings. The van der Waals surface area contributed by atoms with Crippen LogP contribution in [0.5, 0.6) is 0 Å². The number of carbonyl (C=O) groups is 1. The first kappa shape index (κ1) is 11.5. The molecular formula is C10H10BrN3O. The molecule has 4 nitrogen and oxygen atoms in total. The van der Waals surface area contributed by atoms with Crippen molar-refractivity contribution in [1.29, 1.82) is 5.26 Å². The average molecular weight is 268 g/mol. The van der Waals surface area contributed by atoms with Gasteiger partial charge in [-0.15, -0.1) is 0 Å². The fraction of sp³-hybridized carbons (Fsp3) is 0.200. The van der Waals surface area contributed by atoms with Crippen LogP contribution in [0.15, 0.2) is 22.7 Å². The molecule has 0 radical (unpaired) electrons. The Morgan fingerprint density at radius 2 is 2.33 bits per heavy atom. The van der Waals surface area contributed by atoms with Gasteiger partial charge in [0.05, 0.1) is 18.1 Å². The number of rotatable bonds is 3. The first-order valence-electron chi connectivity index (χ1n) is 4.35. The van der Waals surface area contributed by atoms with Crippen molar-refractivity contribution in [3.63, 3.8) is 0 Å². The molecule has 1 aromatic carbocycles. The van der Waals surface area contributed by atoms with Gasteiger partial charge in [-0.1, -0.05) is 15.9 Å². The highest BCUT2D eigenvalue weighted by Crippen LogP contribution is 2.18. The van der Waals surface area contributed by atoms with Crippen molar-refractivity contribution in [1.82, 2.24) is 5.32 Å². The predicted molar refractivity (Wildman–Crippen MR) is 61.1 cm³/mol. The van der Waals surface area contributed by atoms with Crippen molar-refractivity contribution in [2.75, 3.05) is 12.3 Å². The lowest BCUT2D eigenvalue weighted by molar-refractivity contribution is 0.0955. The SMILES string of the molecule is N#CCCNC(=O)c1ccc(Br)cc1N. The van der Waals surface area contributed by atoms with E-state index in [1.54, 1.807) is 18.2 Å². The molecule has 1 amide bonds. The summed E-state index contributed by atoms with van der Waals surface area (Å²) in [5, 5.41) is 10.9. The Morgan fingerprint density at radius 1 is 1.60 bits per heavy atom. The van der Waals surface area contributed by atoms with Crippen molar-refractivity contribution in [3.8, 4) is 6.07 Å². The van der Waals surface area contributed by atoms with Crippen LogP contribution in [-0.4, -0.2) is 12.5 Å². The Labute approximate surface area is 96.2 Å². The fourth-order valence-electron chi connectivity index (χ4n) is 1.07.